The van der Waals surface area contributed by atoms with E-state index in [1.807, 2.05) is 87.5 Å². The number of benzene rings is 3. The number of methoxy groups -OCH3 is 1. The Labute approximate surface area is 325 Å². The lowest BCUT2D eigenvalue weighted by atomic mass is 9.86. The van der Waals surface area contributed by atoms with Crippen LogP contribution in [0.5, 0.6) is 11.5 Å². The maximum Gasteiger partial charge on any atom is 0.330 e. The van der Waals surface area contributed by atoms with Gasteiger partial charge in [-0.1, -0.05) is 81.4 Å². The van der Waals surface area contributed by atoms with Gasteiger partial charge < -0.3 is 40.5 Å². The minimum Gasteiger partial charge on any atom is -0.497 e. The minimum absolute atomic E-state index is 0.0335. The molecule has 2 aliphatic carbocycles. The summed E-state index contributed by atoms with van der Waals surface area (Å²) in [6.45, 7) is 9.10. The molecule has 3 aromatic carbocycles. The highest BCUT2D eigenvalue weighted by Crippen LogP contribution is 2.45. The van der Waals surface area contributed by atoms with Gasteiger partial charge >= 0.3 is 12.0 Å². The lowest BCUT2D eigenvalue weighted by Crippen LogP contribution is -2.60. The molecule has 1 aromatic heterocycles. The Balaban J connectivity index is 1.18. The van der Waals surface area contributed by atoms with Crippen LogP contribution in [0, 0.1) is 11.3 Å². The van der Waals surface area contributed by atoms with Crippen LogP contribution in [-0.4, -0.2) is 87.4 Å². The quantitative estimate of drug-likeness (QED) is 0.135. The van der Waals surface area contributed by atoms with E-state index in [1.54, 1.807) is 19.2 Å². The highest BCUT2D eigenvalue weighted by Gasteiger charge is 2.61. The molecule has 0 radical (unpaired) electrons. The summed E-state index contributed by atoms with van der Waals surface area (Å²) < 4.78 is 12.1. The number of aliphatic carboxylic acids is 1. The van der Waals surface area contributed by atoms with Gasteiger partial charge in [-0.05, 0) is 35.1 Å². The molecule has 7 rings (SSSR count). The Morgan fingerprint density at radius 2 is 1.77 bits per heavy atom. The molecule has 292 valence electrons. The van der Waals surface area contributed by atoms with Crippen molar-refractivity contribution in [2.24, 2.45) is 11.3 Å². The van der Waals surface area contributed by atoms with Crippen molar-refractivity contribution in [2.75, 3.05) is 13.7 Å². The number of aromatic nitrogens is 1. The van der Waals surface area contributed by atoms with Gasteiger partial charge in [0.25, 0.3) is 0 Å². The number of carboxylic acid groups (broad SMARTS) is 1. The summed E-state index contributed by atoms with van der Waals surface area (Å²) in [5.74, 6) is -1.73. The van der Waals surface area contributed by atoms with Crippen LogP contribution >= 0.6 is 0 Å². The van der Waals surface area contributed by atoms with E-state index in [4.69, 9.17) is 14.5 Å². The van der Waals surface area contributed by atoms with Crippen LogP contribution < -0.4 is 25.4 Å². The van der Waals surface area contributed by atoms with Crippen molar-refractivity contribution in [1.82, 2.24) is 25.8 Å². The second-order valence-electron chi connectivity index (χ2n) is 15.9. The standard InChI is InChI=1S/C43H47N5O8/c1-6-26-22-43(26,40(52)53)47-38(50)33-20-28(56-35-21-31(24-12-8-7-9-13-24)44-32-19-27(55-5)16-17-30(32)35)23-48(33)41(54)46-37(42(2,3)4)39(51)45-36-29-15-11-10-14-25(29)18-34(36)49/h6-17,19,21,26,28,33-34,36-37,49H,1,18,20,22-23H2,2-5H3,(H,45,51)(H,46,54)(H,47,50)(H,52,53)/t26-,28-,33+,34-,36+,37?,43-/m1/s1. The summed E-state index contributed by atoms with van der Waals surface area (Å²) in [5.41, 5.74) is 1.54. The van der Waals surface area contributed by atoms with E-state index in [2.05, 4.69) is 22.5 Å². The van der Waals surface area contributed by atoms with E-state index in [0.29, 0.717) is 34.5 Å². The molecule has 0 spiro atoms. The molecule has 1 saturated heterocycles. The molecule has 56 heavy (non-hydrogen) atoms. The number of pyridine rings is 1. The molecule has 2 fully saturated rings. The van der Waals surface area contributed by atoms with Crippen molar-refractivity contribution in [3.63, 3.8) is 0 Å². The number of hydrogen-bond donors (Lipinski definition) is 5. The normalized spacial score (nSPS) is 24.4. The first-order valence-corrected chi connectivity index (χ1v) is 18.7. The molecule has 4 aromatic rings. The number of aliphatic hydroxyl groups excluding tert-OH is 1. The summed E-state index contributed by atoms with van der Waals surface area (Å²) in [4.78, 5) is 61.0. The van der Waals surface area contributed by atoms with Gasteiger partial charge in [-0.15, -0.1) is 6.58 Å². The van der Waals surface area contributed by atoms with Crippen LogP contribution in [0.2, 0.25) is 0 Å². The molecule has 1 aliphatic heterocycles. The van der Waals surface area contributed by atoms with Gasteiger partial charge in [0, 0.05) is 41.8 Å². The second-order valence-corrected chi connectivity index (χ2v) is 15.9. The summed E-state index contributed by atoms with van der Waals surface area (Å²) >= 11 is 0. The third kappa shape index (κ3) is 7.38. The lowest BCUT2D eigenvalue weighted by Gasteiger charge is -2.34. The zero-order valence-corrected chi connectivity index (χ0v) is 31.8. The number of carbonyl (C=O) groups excluding carboxylic acids is 3. The van der Waals surface area contributed by atoms with Crippen LogP contribution in [0.1, 0.15) is 50.8 Å². The van der Waals surface area contributed by atoms with Gasteiger partial charge in [0.15, 0.2) is 0 Å². The number of urea groups is 1. The van der Waals surface area contributed by atoms with Crippen molar-refractivity contribution >= 4 is 34.7 Å². The molecule has 1 unspecified atom stereocenters. The topological polar surface area (TPSA) is 179 Å². The van der Waals surface area contributed by atoms with Gasteiger partial charge in [0.2, 0.25) is 11.8 Å². The average Bonchev–Trinajstić information content (AvgIpc) is 3.59. The summed E-state index contributed by atoms with van der Waals surface area (Å²) in [6, 6.07) is 20.7. The molecule has 2 heterocycles. The smallest absolute Gasteiger partial charge is 0.330 e. The highest BCUT2D eigenvalue weighted by molar-refractivity contribution is 5.96. The van der Waals surface area contributed by atoms with E-state index in [0.717, 1.165) is 16.7 Å². The Morgan fingerprint density at radius 1 is 1.04 bits per heavy atom. The first-order valence-electron chi connectivity index (χ1n) is 18.7. The summed E-state index contributed by atoms with van der Waals surface area (Å²) in [6.07, 6.45) is 0.541. The van der Waals surface area contributed by atoms with Crippen LogP contribution in [0.4, 0.5) is 4.79 Å². The van der Waals surface area contributed by atoms with E-state index in [1.165, 1.54) is 11.0 Å². The van der Waals surface area contributed by atoms with Gasteiger partial charge in [0.1, 0.15) is 35.2 Å². The molecule has 0 bridgehead atoms. The fraction of sp³-hybridized carbons (Fsp3) is 0.372. The summed E-state index contributed by atoms with van der Waals surface area (Å²) in [7, 11) is 1.57. The molecular formula is C43H47N5O8. The number of nitrogens with one attached hydrogen (secondary N) is 3. The first kappa shape index (κ1) is 38.3. The summed E-state index contributed by atoms with van der Waals surface area (Å²) in [5, 5.41) is 30.2. The zero-order valence-electron chi connectivity index (χ0n) is 31.8. The molecule has 3 aliphatic rings. The van der Waals surface area contributed by atoms with E-state index < -0.39 is 71.0 Å². The fourth-order valence-corrected chi connectivity index (χ4v) is 7.88. The molecule has 7 atom stereocenters. The Kier molecular flexibility index (Phi) is 10.2. The predicted octanol–water partition coefficient (Wildman–Crippen LogP) is 4.78. The molecule has 13 heteroatoms. The molecular weight excluding hydrogens is 714 g/mol. The van der Waals surface area contributed by atoms with E-state index in [-0.39, 0.29) is 19.4 Å². The van der Waals surface area contributed by atoms with Crippen molar-refractivity contribution < 1.29 is 38.9 Å². The van der Waals surface area contributed by atoms with Crippen molar-refractivity contribution in [2.45, 2.75) is 75.9 Å². The fourth-order valence-electron chi connectivity index (χ4n) is 7.88. The number of likely N-dealkylation sites (tertiary alicyclic amines) is 1. The number of carboxylic acids is 1. The number of carbonyl (C=O) groups is 4. The van der Waals surface area contributed by atoms with E-state index >= 15 is 0 Å². The molecule has 5 N–H and O–H groups in total. The largest absolute Gasteiger partial charge is 0.497 e. The highest BCUT2D eigenvalue weighted by atomic mass is 16.5. The third-order valence-electron chi connectivity index (χ3n) is 11.1. The van der Waals surface area contributed by atoms with Crippen LogP contribution in [0.15, 0.2) is 91.5 Å². The molecule has 1 saturated carbocycles. The number of amides is 4. The monoisotopic (exact) mass is 761 g/mol. The van der Waals surface area contributed by atoms with Crippen molar-refractivity contribution in [3.05, 3.63) is 103 Å². The predicted molar refractivity (Wildman–Crippen MR) is 209 cm³/mol. The van der Waals surface area contributed by atoms with Crippen LogP contribution in [0.3, 0.4) is 0 Å². The maximum absolute atomic E-state index is 14.4. The van der Waals surface area contributed by atoms with Crippen LogP contribution in [-0.2, 0) is 20.8 Å². The van der Waals surface area contributed by atoms with Crippen LogP contribution in [0.25, 0.3) is 22.2 Å². The maximum atomic E-state index is 14.4. The van der Waals surface area contributed by atoms with Gasteiger partial charge in [-0.3, -0.25) is 9.59 Å². The SMILES string of the molecule is C=C[C@@H]1C[C@]1(NC(=O)[C@@H]1C[C@@H](Oc2cc(-c3ccccc3)nc3cc(OC)ccc23)CN1C(=O)NC(C(=O)N[C@H]1c2ccccc2C[C@H]1O)C(C)(C)C)C(=O)O. The Bertz CT molecular complexity index is 2190. The van der Waals surface area contributed by atoms with Crippen molar-refractivity contribution in [3.8, 4) is 22.8 Å². The molecule has 4 amide bonds. The minimum atomic E-state index is -1.53. The number of ether oxygens (including phenoxy) is 2. The van der Waals surface area contributed by atoms with Gasteiger partial charge in [0.05, 0.1) is 37.0 Å². The third-order valence-corrected chi connectivity index (χ3v) is 11.1. The number of nitrogens with zero attached hydrogens (tertiary/aromatic N) is 2. The average molecular weight is 762 g/mol. The Hall–Kier alpha value is -5.95. The number of aliphatic hydroxyl groups is 1. The van der Waals surface area contributed by atoms with Crippen molar-refractivity contribution in [1.29, 1.82) is 0 Å². The van der Waals surface area contributed by atoms with E-state index in [9.17, 15) is 29.4 Å². The zero-order chi connectivity index (χ0) is 39.9. The van der Waals surface area contributed by atoms with Gasteiger partial charge in [-0.25, -0.2) is 14.6 Å². The molecule has 13 nitrogen and oxygen atoms in total. The number of hydrogen-bond acceptors (Lipinski definition) is 8. The Morgan fingerprint density at radius 3 is 2.45 bits per heavy atom. The lowest BCUT2D eigenvalue weighted by molar-refractivity contribution is -0.144. The second kappa shape index (κ2) is 14.9. The number of fused-ring (bicyclic) bond motifs is 2. The first-order chi connectivity index (χ1) is 26.7. The van der Waals surface area contributed by atoms with Gasteiger partial charge in [-0.2, -0.15) is 0 Å². The number of rotatable bonds is 11.